The summed E-state index contributed by atoms with van der Waals surface area (Å²) in [5, 5.41) is 4.75. The zero-order valence-electron chi connectivity index (χ0n) is 9.08. The lowest BCUT2D eigenvalue weighted by atomic mass is 10.2. The molecule has 1 aromatic carbocycles. The van der Waals surface area contributed by atoms with Gasteiger partial charge in [0.1, 0.15) is 0 Å². The van der Waals surface area contributed by atoms with Gasteiger partial charge >= 0.3 is 0 Å². The average molecular weight is 257 g/mol. The van der Waals surface area contributed by atoms with E-state index in [2.05, 4.69) is 23.2 Å². The average Bonchev–Trinajstić information content (AvgIpc) is 2.29. The Balaban J connectivity index is 2.42. The van der Waals surface area contributed by atoms with Crippen molar-refractivity contribution in [2.75, 3.05) is 11.4 Å². The van der Waals surface area contributed by atoms with Gasteiger partial charge in [-0.1, -0.05) is 42.3 Å². The predicted molar refractivity (Wildman–Crippen MR) is 70.2 cm³/mol. The molecule has 0 aromatic heterocycles. The number of para-hydroxylation sites is 1. The number of nitrogens with one attached hydrogen (secondary N) is 1. The number of benzene rings is 1. The third-order valence-electron chi connectivity index (χ3n) is 2.66. The lowest BCUT2D eigenvalue weighted by Gasteiger charge is -2.34. The summed E-state index contributed by atoms with van der Waals surface area (Å²) in [6.45, 7) is 3.02. The summed E-state index contributed by atoms with van der Waals surface area (Å²) >= 11 is 12.4. The highest BCUT2D eigenvalue weighted by atomic mass is 35.5. The Bertz CT molecular complexity index is 384. The van der Waals surface area contributed by atoms with Gasteiger partial charge in [0.05, 0.1) is 21.9 Å². The smallest absolute Gasteiger partial charge is 0.0839 e. The molecule has 1 N–H and O–H groups in total. The normalized spacial score (nSPS) is 20.2. The molecule has 2 rings (SSSR count). The van der Waals surface area contributed by atoms with Crippen molar-refractivity contribution < 1.29 is 0 Å². The lowest BCUT2D eigenvalue weighted by Crippen LogP contribution is -2.45. The predicted octanol–water partition coefficient (Wildman–Crippen LogP) is 3.65. The summed E-state index contributed by atoms with van der Waals surface area (Å²) in [6.07, 6.45) is 5.34. The number of rotatable bonds is 2. The van der Waals surface area contributed by atoms with E-state index < -0.39 is 0 Å². The van der Waals surface area contributed by atoms with Crippen LogP contribution in [0.4, 0.5) is 5.69 Å². The van der Waals surface area contributed by atoms with Crippen LogP contribution in [0.25, 0.3) is 0 Å². The SMILES string of the molecule is CCC1NCC=CN1c1c(Cl)cccc1Cl. The van der Waals surface area contributed by atoms with Crippen molar-refractivity contribution in [3.05, 3.63) is 40.5 Å². The summed E-state index contributed by atoms with van der Waals surface area (Å²) in [7, 11) is 0. The van der Waals surface area contributed by atoms with Crippen molar-refractivity contribution in [2.24, 2.45) is 0 Å². The van der Waals surface area contributed by atoms with Crippen LogP contribution in [0.15, 0.2) is 30.5 Å². The Morgan fingerprint density at radius 3 is 2.69 bits per heavy atom. The highest BCUT2D eigenvalue weighted by molar-refractivity contribution is 6.39. The maximum Gasteiger partial charge on any atom is 0.0839 e. The largest absolute Gasteiger partial charge is 0.330 e. The Morgan fingerprint density at radius 1 is 1.38 bits per heavy atom. The van der Waals surface area contributed by atoms with Crippen molar-refractivity contribution in [2.45, 2.75) is 19.5 Å². The van der Waals surface area contributed by atoms with Crippen LogP contribution in [0.2, 0.25) is 10.0 Å². The Kier molecular flexibility index (Phi) is 3.74. The van der Waals surface area contributed by atoms with Crippen LogP contribution >= 0.6 is 23.2 Å². The van der Waals surface area contributed by atoms with Gasteiger partial charge in [-0.05, 0) is 18.6 Å². The minimum atomic E-state index is 0.252. The summed E-state index contributed by atoms with van der Waals surface area (Å²) in [5.41, 5.74) is 0.876. The van der Waals surface area contributed by atoms with Gasteiger partial charge in [-0.2, -0.15) is 0 Å². The van der Waals surface area contributed by atoms with Crippen molar-refractivity contribution in [1.29, 1.82) is 0 Å². The molecule has 1 aliphatic heterocycles. The van der Waals surface area contributed by atoms with Crippen molar-refractivity contribution in [3.63, 3.8) is 0 Å². The molecule has 1 unspecified atom stereocenters. The molecule has 0 radical (unpaired) electrons. The standard InChI is InChI=1S/C12H14Cl2N2/c1-2-11-15-7-4-8-16(11)12-9(13)5-3-6-10(12)14/h3-6,8,11,15H,2,7H2,1H3. The molecule has 16 heavy (non-hydrogen) atoms. The number of nitrogens with zero attached hydrogens (tertiary/aromatic N) is 1. The topological polar surface area (TPSA) is 15.3 Å². The van der Waals surface area contributed by atoms with E-state index in [0.29, 0.717) is 10.0 Å². The molecule has 0 saturated carbocycles. The lowest BCUT2D eigenvalue weighted by molar-refractivity contribution is 0.512. The van der Waals surface area contributed by atoms with E-state index in [9.17, 15) is 0 Å². The molecule has 0 saturated heterocycles. The molecule has 4 heteroatoms. The van der Waals surface area contributed by atoms with Gasteiger partial charge in [0, 0.05) is 12.7 Å². The molecular formula is C12H14Cl2N2. The van der Waals surface area contributed by atoms with E-state index in [0.717, 1.165) is 18.7 Å². The molecule has 86 valence electrons. The van der Waals surface area contributed by atoms with Crippen molar-refractivity contribution in [1.82, 2.24) is 5.32 Å². The van der Waals surface area contributed by atoms with Gasteiger partial charge in [0.25, 0.3) is 0 Å². The summed E-state index contributed by atoms with van der Waals surface area (Å²) < 4.78 is 0. The quantitative estimate of drug-likeness (QED) is 0.869. The first-order valence-electron chi connectivity index (χ1n) is 5.36. The highest BCUT2D eigenvalue weighted by Gasteiger charge is 2.21. The Morgan fingerprint density at radius 2 is 2.06 bits per heavy atom. The second kappa shape index (κ2) is 5.09. The summed E-state index contributed by atoms with van der Waals surface area (Å²) in [4.78, 5) is 2.09. The molecule has 0 fully saturated rings. The fraction of sp³-hybridized carbons (Fsp3) is 0.333. The van der Waals surface area contributed by atoms with Gasteiger partial charge in [-0.3, -0.25) is 5.32 Å². The summed E-state index contributed by atoms with van der Waals surface area (Å²) in [5.74, 6) is 0. The van der Waals surface area contributed by atoms with E-state index in [1.165, 1.54) is 0 Å². The van der Waals surface area contributed by atoms with Gasteiger partial charge in [0.15, 0.2) is 0 Å². The van der Waals surface area contributed by atoms with Crippen LogP contribution in [0.1, 0.15) is 13.3 Å². The maximum atomic E-state index is 6.20. The highest BCUT2D eigenvalue weighted by Crippen LogP contribution is 2.35. The van der Waals surface area contributed by atoms with E-state index >= 15 is 0 Å². The zero-order chi connectivity index (χ0) is 11.5. The third-order valence-corrected chi connectivity index (χ3v) is 3.27. The van der Waals surface area contributed by atoms with E-state index in [4.69, 9.17) is 23.2 Å². The molecule has 0 spiro atoms. The molecule has 1 heterocycles. The fourth-order valence-corrected chi connectivity index (χ4v) is 2.47. The summed E-state index contributed by atoms with van der Waals surface area (Å²) in [6, 6.07) is 5.58. The minimum absolute atomic E-state index is 0.252. The molecule has 0 amide bonds. The molecule has 2 nitrogen and oxygen atoms in total. The van der Waals surface area contributed by atoms with Crippen LogP contribution < -0.4 is 10.2 Å². The number of hydrogen-bond donors (Lipinski definition) is 1. The fourth-order valence-electron chi connectivity index (χ4n) is 1.88. The van der Waals surface area contributed by atoms with E-state index in [-0.39, 0.29) is 6.17 Å². The van der Waals surface area contributed by atoms with Gasteiger partial charge in [-0.25, -0.2) is 0 Å². The van der Waals surface area contributed by atoms with Crippen molar-refractivity contribution >= 4 is 28.9 Å². The minimum Gasteiger partial charge on any atom is -0.330 e. The Hall–Kier alpha value is -0.700. The monoisotopic (exact) mass is 256 g/mol. The van der Waals surface area contributed by atoms with Crippen LogP contribution in [0, 0.1) is 0 Å². The Labute approximate surface area is 106 Å². The zero-order valence-corrected chi connectivity index (χ0v) is 10.6. The second-order valence-corrected chi connectivity index (χ2v) is 4.51. The number of hydrogen-bond acceptors (Lipinski definition) is 2. The van der Waals surface area contributed by atoms with Gasteiger partial charge in [0.2, 0.25) is 0 Å². The van der Waals surface area contributed by atoms with Gasteiger partial charge < -0.3 is 4.90 Å². The van der Waals surface area contributed by atoms with E-state index in [1.54, 1.807) is 0 Å². The van der Waals surface area contributed by atoms with Crippen LogP contribution in [0.3, 0.4) is 0 Å². The first kappa shape index (κ1) is 11.8. The molecule has 1 aliphatic rings. The second-order valence-electron chi connectivity index (χ2n) is 3.69. The van der Waals surface area contributed by atoms with Crippen molar-refractivity contribution in [3.8, 4) is 0 Å². The van der Waals surface area contributed by atoms with Gasteiger partial charge in [-0.15, -0.1) is 0 Å². The maximum absolute atomic E-state index is 6.20. The first-order chi connectivity index (χ1) is 7.74. The van der Waals surface area contributed by atoms with Crippen LogP contribution in [-0.4, -0.2) is 12.7 Å². The molecule has 0 bridgehead atoms. The number of halogens is 2. The number of anilines is 1. The molecule has 1 aromatic rings. The molecule has 1 atom stereocenters. The van der Waals surface area contributed by atoms with Crippen LogP contribution in [0.5, 0.6) is 0 Å². The molecular weight excluding hydrogens is 243 g/mol. The first-order valence-corrected chi connectivity index (χ1v) is 6.12. The third kappa shape index (κ3) is 2.19. The van der Waals surface area contributed by atoms with E-state index in [1.807, 2.05) is 24.4 Å². The van der Waals surface area contributed by atoms with Crippen LogP contribution in [-0.2, 0) is 0 Å². The molecule has 0 aliphatic carbocycles.